The fraction of sp³-hybridized carbons (Fsp3) is 0.235. The van der Waals surface area contributed by atoms with Crippen LogP contribution in [0.25, 0.3) is 0 Å². The molecule has 0 aliphatic rings. The molecule has 0 radical (unpaired) electrons. The normalized spacial score (nSPS) is 11.9. The van der Waals surface area contributed by atoms with Crippen LogP contribution in [0.1, 0.15) is 29.2 Å². The number of nitrogens with one attached hydrogen (secondary N) is 1. The minimum absolute atomic E-state index is 0.0741. The molecular weight excluding hydrogens is 626 g/mol. The van der Waals surface area contributed by atoms with Crippen LogP contribution in [0.3, 0.4) is 0 Å². The van der Waals surface area contributed by atoms with Gasteiger partial charge < -0.3 is 10.2 Å². The van der Waals surface area contributed by atoms with E-state index < -0.39 is 28.5 Å². The lowest BCUT2D eigenvalue weighted by Gasteiger charge is -2.34. The minimum atomic E-state index is -4.13. The van der Waals surface area contributed by atoms with E-state index in [0.29, 0.717) is 12.2 Å². The lowest BCUT2D eigenvalue weighted by Crippen LogP contribution is -2.53. The fourth-order valence-corrected chi connectivity index (χ4v) is 6.45. The van der Waals surface area contributed by atoms with Crippen LogP contribution in [0.5, 0.6) is 0 Å². The summed E-state index contributed by atoms with van der Waals surface area (Å²) in [6.07, 6.45) is 0.268. The fourth-order valence-electron chi connectivity index (χ4n) is 4.76. The molecule has 224 valence electrons. The van der Waals surface area contributed by atoms with E-state index >= 15 is 0 Å². The Morgan fingerprint density at radius 1 is 0.814 bits per heavy atom. The van der Waals surface area contributed by atoms with E-state index in [1.807, 2.05) is 81.4 Å². The molecule has 0 fully saturated rings. The molecule has 1 N–H and O–H groups in total. The van der Waals surface area contributed by atoms with Gasteiger partial charge >= 0.3 is 0 Å². The van der Waals surface area contributed by atoms with Gasteiger partial charge in [0.05, 0.1) is 10.6 Å². The highest BCUT2D eigenvalue weighted by molar-refractivity contribution is 9.10. The van der Waals surface area contributed by atoms with Crippen molar-refractivity contribution in [2.45, 2.75) is 44.7 Å². The second-order valence-electron chi connectivity index (χ2n) is 10.3. The van der Waals surface area contributed by atoms with Crippen molar-refractivity contribution in [3.05, 3.63) is 130 Å². The maximum absolute atomic E-state index is 14.4. The summed E-state index contributed by atoms with van der Waals surface area (Å²) < 4.78 is 30.1. The van der Waals surface area contributed by atoms with Crippen molar-refractivity contribution in [3.63, 3.8) is 0 Å². The number of amides is 2. The highest BCUT2D eigenvalue weighted by Gasteiger charge is 2.34. The first-order chi connectivity index (χ1) is 20.6. The van der Waals surface area contributed by atoms with Crippen molar-refractivity contribution in [1.29, 1.82) is 0 Å². The molecule has 0 saturated carbocycles. The molecule has 9 heteroatoms. The summed E-state index contributed by atoms with van der Waals surface area (Å²) in [6, 6.07) is 29.5. The molecule has 4 aromatic rings. The van der Waals surface area contributed by atoms with Gasteiger partial charge in [-0.3, -0.25) is 13.9 Å². The van der Waals surface area contributed by atoms with Crippen molar-refractivity contribution in [2.75, 3.05) is 17.4 Å². The molecule has 0 bridgehead atoms. The number of carbonyl (C=O) groups is 2. The van der Waals surface area contributed by atoms with E-state index in [1.165, 1.54) is 17.0 Å². The number of aryl methyl sites for hydroxylation is 2. The van der Waals surface area contributed by atoms with E-state index in [0.717, 1.165) is 31.0 Å². The van der Waals surface area contributed by atoms with Crippen LogP contribution in [-0.2, 0) is 32.6 Å². The van der Waals surface area contributed by atoms with Crippen molar-refractivity contribution >= 4 is 43.5 Å². The van der Waals surface area contributed by atoms with E-state index in [4.69, 9.17) is 0 Å². The molecule has 0 aliphatic heterocycles. The Morgan fingerprint density at radius 2 is 1.44 bits per heavy atom. The van der Waals surface area contributed by atoms with Gasteiger partial charge in [0.2, 0.25) is 11.8 Å². The zero-order valence-corrected chi connectivity index (χ0v) is 26.9. The molecule has 1 atom stereocenters. The van der Waals surface area contributed by atoms with Crippen LogP contribution in [0, 0.1) is 13.8 Å². The molecule has 0 aliphatic carbocycles. The molecule has 4 rings (SSSR count). The van der Waals surface area contributed by atoms with Crippen LogP contribution in [-0.4, -0.2) is 44.3 Å². The standard InChI is InChI=1S/C34H36BrN3O4S/c1-4-36-34(40)32(22-27-11-7-5-8-12-27)37(23-28-16-18-29(35)19-17-28)33(39)24-38(30-20-15-25(2)26(3)21-30)43(41,42)31-13-9-6-10-14-31/h5-21,32H,4,22-24H2,1-3H3,(H,36,40)/t32-/m1/s1. The van der Waals surface area contributed by atoms with E-state index in [-0.39, 0.29) is 23.8 Å². The van der Waals surface area contributed by atoms with Gasteiger partial charge in [-0.2, -0.15) is 0 Å². The number of rotatable bonds is 12. The van der Waals surface area contributed by atoms with Crippen LogP contribution >= 0.6 is 15.9 Å². The number of nitrogens with zero attached hydrogens (tertiary/aromatic N) is 2. The third-order valence-corrected chi connectivity index (χ3v) is 9.59. The second-order valence-corrected chi connectivity index (χ2v) is 13.1. The van der Waals surface area contributed by atoms with Crippen LogP contribution in [0.2, 0.25) is 0 Å². The van der Waals surface area contributed by atoms with Gasteiger partial charge in [0.1, 0.15) is 12.6 Å². The Morgan fingerprint density at radius 3 is 2.05 bits per heavy atom. The van der Waals surface area contributed by atoms with Crippen molar-refractivity contribution in [2.24, 2.45) is 0 Å². The quantitative estimate of drug-likeness (QED) is 0.201. The number of halogens is 1. The van der Waals surface area contributed by atoms with E-state index in [2.05, 4.69) is 21.2 Å². The predicted octanol–water partition coefficient (Wildman–Crippen LogP) is 6.04. The Kier molecular flexibility index (Phi) is 10.8. The molecular formula is C34H36BrN3O4S. The average Bonchev–Trinajstić information content (AvgIpc) is 3.01. The molecule has 0 unspecified atom stereocenters. The number of hydrogen-bond acceptors (Lipinski definition) is 4. The first kappa shape index (κ1) is 32.0. The molecule has 0 spiro atoms. The third-order valence-electron chi connectivity index (χ3n) is 7.28. The number of likely N-dealkylation sites (N-methyl/N-ethyl adjacent to an activating group) is 1. The molecule has 4 aromatic carbocycles. The Hall–Kier alpha value is -3.95. The van der Waals surface area contributed by atoms with Crippen LogP contribution in [0.4, 0.5) is 5.69 Å². The largest absolute Gasteiger partial charge is 0.355 e. The zero-order chi connectivity index (χ0) is 31.0. The number of benzene rings is 4. The summed E-state index contributed by atoms with van der Waals surface area (Å²) >= 11 is 3.45. The third kappa shape index (κ3) is 8.12. The van der Waals surface area contributed by atoms with Gasteiger partial charge in [-0.1, -0.05) is 82.7 Å². The Balaban J connectivity index is 1.80. The maximum Gasteiger partial charge on any atom is 0.264 e. The highest BCUT2D eigenvalue weighted by atomic mass is 79.9. The average molecular weight is 663 g/mol. The van der Waals surface area contributed by atoms with Crippen molar-refractivity contribution in [1.82, 2.24) is 10.2 Å². The molecule has 0 heterocycles. The summed E-state index contributed by atoms with van der Waals surface area (Å²) in [6.45, 7) is 5.70. The van der Waals surface area contributed by atoms with Gasteiger partial charge in [0.15, 0.2) is 0 Å². The smallest absolute Gasteiger partial charge is 0.264 e. The van der Waals surface area contributed by atoms with Crippen molar-refractivity contribution < 1.29 is 18.0 Å². The predicted molar refractivity (Wildman–Crippen MR) is 174 cm³/mol. The monoisotopic (exact) mass is 661 g/mol. The Bertz CT molecular complexity index is 1650. The summed E-state index contributed by atoms with van der Waals surface area (Å²) in [7, 11) is -4.13. The SMILES string of the molecule is CCNC(=O)[C@@H](Cc1ccccc1)N(Cc1ccc(Br)cc1)C(=O)CN(c1ccc(C)c(C)c1)S(=O)(=O)c1ccccc1. The van der Waals surface area contributed by atoms with Crippen LogP contribution < -0.4 is 9.62 Å². The molecule has 2 amide bonds. The number of anilines is 1. The van der Waals surface area contributed by atoms with Gasteiger partial charge in [0, 0.05) is 24.0 Å². The summed E-state index contributed by atoms with van der Waals surface area (Å²) in [5, 5.41) is 2.88. The topological polar surface area (TPSA) is 86.8 Å². The molecule has 0 aromatic heterocycles. The van der Waals surface area contributed by atoms with E-state index in [1.54, 1.807) is 30.3 Å². The van der Waals surface area contributed by atoms with Gasteiger partial charge in [0.25, 0.3) is 10.0 Å². The van der Waals surface area contributed by atoms with Gasteiger partial charge in [-0.25, -0.2) is 8.42 Å². The lowest BCUT2D eigenvalue weighted by atomic mass is 10.0. The summed E-state index contributed by atoms with van der Waals surface area (Å²) in [5.41, 5.74) is 3.97. The van der Waals surface area contributed by atoms with Gasteiger partial charge in [-0.05, 0) is 79.4 Å². The number of hydrogen-bond donors (Lipinski definition) is 1. The van der Waals surface area contributed by atoms with E-state index in [9.17, 15) is 18.0 Å². The van der Waals surface area contributed by atoms with Crippen LogP contribution in [0.15, 0.2) is 112 Å². The lowest BCUT2D eigenvalue weighted by molar-refractivity contribution is -0.140. The first-order valence-corrected chi connectivity index (χ1v) is 16.3. The zero-order valence-electron chi connectivity index (χ0n) is 24.5. The summed E-state index contributed by atoms with van der Waals surface area (Å²) in [4.78, 5) is 29.5. The minimum Gasteiger partial charge on any atom is -0.355 e. The Labute approximate surface area is 262 Å². The maximum atomic E-state index is 14.4. The first-order valence-electron chi connectivity index (χ1n) is 14.1. The molecule has 43 heavy (non-hydrogen) atoms. The second kappa shape index (κ2) is 14.5. The number of carbonyl (C=O) groups excluding carboxylic acids is 2. The molecule has 7 nitrogen and oxygen atoms in total. The summed E-state index contributed by atoms with van der Waals surface area (Å²) in [5.74, 6) is -0.798. The molecule has 0 saturated heterocycles. The number of sulfonamides is 1. The van der Waals surface area contributed by atoms with Gasteiger partial charge in [-0.15, -0.1) is 0 Å². The highest BCUT2D eigenvalue weighted by Crippen LogP contribution is 2.27. The van der Waals surface area contributed by atoms with Crippen molar-refractivity contribution in [3.8, 4) is 0 Å².